The summed E-state index contributed by atoms with van der Waals surface area (Å²) in [5, 5.41) is 2.96. The summed E-state index contributed by atoms with van der Waals surface area (Å²) in [6.45, 7) is 9.82. The summed E-state index contributed by atoms with van der Waals surface area (Å²) in [5.74, 6) is 0.215. The highest BCUT2D eigenvalue weighted by molar-refractivity contribution is 6.02. The van der Waals surface area contributed by atoms with Crippen molar-refractivity contribution in [3.63, 3.8) is 0 Å². The van der Waals surface area contributed by atoms with E-state index in [0.717, 1.165) is 22.5 Å². The second-order valence-corrected chi connectivity index (χ2v) is 7.11. The first-order valence-corrected chi connectivity index (χ1v) is 9.07. The Kier molecular flexibility index (Phi) is 6.56. The fourth-order valence-electron chi connectivity index (χ4n) is 3.04. The van der Waals surface area contributed by atoms with Crippen LogP contribution in [0.1, 0.15) is 57.6 Å². The van der Waals surface area contributed by atoms with Gasteiger partial charge in [-0.1, -0.05) is 64.1 Å². The van der Waals surface area contributed by atoms with Gasteiger partial charge >= 0.3 is 0 Å². The van der Waals surface area contributed by atoms with Crippen LogP contribution in [0.5, 0.6) is 0 Å². The van der Waals surface area contributed by atoms with Crippen molar-refractivity contribution in [3.8, 4) is 0 Å². The number of anilines is 2. The number of para-hydroxylation sites is 2. The summed E-state index contributed by atoms with van der Waals surface area (Å²) in [5.41, 5.74) is 3.73. The molecule has 0 aliphatic rings. The molecule has 0 saturated carbocycles. The number of carbonyl (C=O) groups is 2. The third kappa shape index (κ3) is 4.72. The molecule has 0 heterocycles. The van der Waals surface area contributed by atoms with E-state index in [4.69, 9.17) is 0 Å². The number of rotatable bonds is 6. The topological polar surface area (TPSA) is 49.4 Å². The second-order valence-electron chi connectivity index (χ2n) is 7.11. The van der Waals surface area contributed by atoms with Crippen molar-refractivity contribution in [1.82, 2.24) is 0 Å². The van der Waals surface area contributed by atoms with Gasteiger partial charge in [-0.05, 0) is 35.1 Å². The molecular weight excluding hydrogens is 324 g/mol. The lowest BCUT2D eigenvalue weighted by molar-refractivity contribution is -0.120. The molecule has 0 aliphatic heterocycles. The van der Waals surface area contributed by atoms with Crippen LogP contribution in [-0.4, -0.2) is 18.4 Å². The van der Waals surface area contributed by atoms with E-state index in [1.54, 1.807) is 4.90 Å². The highest BCUT2D eigenvalue weighted by Crippen LogP contribution is 2.28. The number of carbonyl (C=O) groups excluding carboxylic acids is 2. The highest BCUT2D eigenvalue weighted by atomic mass is 16.2. The van der Waals surface area contributed by atoms with Gasteiger partial charge in [-0.2, -0.15) is 0 Å². The predicted octanol–water partition coefficient (Wildman–Crippen LogP) is 4.93. The van der Waals surface area contributed by atoms with Crippen LogP contribution >= 0.6 is 0 Å². The molecule has 0 atom stereocenters. The average Bonchev–Trinajstić information content (AvgIpc) is 2.59. The minimum absolute atomic E-state index is 0.00844. The zero-order chi connectivity index (χ0) is 19.3. The van der Waals surface area contributed by atoms with Crippen molar-refractivity contribution in [2.75, 3.05) is 16.8 Å². The van der Waals surface area contributed by atoms with Crippen molar-refractivity contribution in [3.05, 3.63) is 59.7 Å². The SMILES string of the molecule is CC(=O)N(CC(=O)Nc1ccccc1C(C)C)c1ccccc1C(C)C. The van der Waals surface area contributed by atoms with E-state index < -0.39 is 0 Å². The summed E-state index contributed by atoms with van der Waals surface area (Å²) in [6.07, 6.45) is 0. The quantitative estimate of drug-likeness (QED) is 0.802. The van der Waals surface area contributed by atoms with Gasteiger partial charge in [-0.3, -0.25) is 9.59 Å². The lowest BCUT2D eigenvalue weighted by atomic mass is 10.00. The van der Waals surface area contributed by atoms with Gasteiger partial charge in [0.05, 0.1) is 0 Å². The molecule has 2 aromatic carbocycles. The number of hydrogen-bond donors (Lipinski definition) is 1. The third-order valence-electron chi connectivity index (χ3n) is 4.39. The third-order valence-corrected chi connectivity index (χ3v) is 4.39. The molecule has 0 aliphatic carbocycles. The maximum Gasteiger partial charge on any atom is 0.244 e. The largest absolute Gasteiger partial charge is 0.324 e. The summed E-state index contributed by atoms with van der Waals surface area (Å²) in [6, 6.07) is 15.5. The molecule has 1 N–H and O–H groups in total. The fourth-order valence-corrected chi connectivity index (χ4v) is 3.04. The van der Waals surface area contributed by atoms with Crippen LogP contribution in [0.2, 0.25) is 0 Å². The molecule has 2 aromatic rings. The number of hydrogen-bond acceptors (Lipinski definition) is 2. The van der Waals surface area contributed by atoms with E-state index in [-0.39, 0.29) is 24.3 Å². The number of nitrogens with one attached hydrogen (secondary N) is 1. The van der Waals surface area contributed by atoms with Gasteiger partial charge in [-0.15, -0.1) is 0 Å². The van der Waals surface area contributed by atoms with Crippen molar-refractivity contribution in [2.24, 2.45) is 0 Å². The zero-order valence-electron chi connectivity index (χ0n) is 16.2. The first kappa shape index (κ1) is 19.7. The van der Waals surface area contributed by atoms with Crippen LogP contribution in [0.25, 0.3) is 0 Å². The Morgan fingerprint density at radius 2 is 1.42 bits per heavy atom. The second kappa shape index (κ2) is 8.65. The minimum Gasteiger partial charge on any atom is -0.324 e. The first-order valence-electron chi connectivity index (χ1n) is 9.07. The van der Waals surface area contributed by atoms with Gasteiger partial charge in [0.1, 0.15) is 6.54 Å². The molecular formula is C22H28N2O2. The lowest BCUT2D eigenvalue weighted by Crippen LogP contribution is -2.37. The molecule has 2 rings (SSSR count). The number of nitrogens with zero attached hydrogens (tertiary/aromatic N) is 1. The monoisotopic (exact) mass is 352 g/mol. The lowest BCUT2D eigenvalue weighted by Gasteiger charge is -2.25. The van der Waals surface area contributed by atoms with Gasteiger partial charge in [0.25, 0.3) is 0 Å². The normalized spacial score (nSPS) is 10.9. The summed E-state index contributed by atoms with van der Waals surface area (Å²) >= 11 is 0. The van der Waals surface area contributed by atoms with Gasteiger partial charge in [0.2, 0.25) is 11.8 Å². The van der Waals surface area contributed by atoms with Gasteiger partial charge in [0.15, 0.2) is 0 Å². The molecule has 2 amide bonds. The molecule has 0 aromatic heterocycles. The van der Waals surface area contributed by atoms with Crippen molar-refractivity contribution in [1.29, 1.82) is 0 Å². The Labute approximate surface area is 156 Å². The average molecular weight is 352 g/mol. The Hall–Kier alpha value is -2.62. The number of benzene rings is 2. The Balaban J connectivity index is 2.24. The van der Waals surface area contributed by atoms with Crippen LogP contribution < -0.4 is 10.2 Å². The molecule has 0 fully saturated rings. The van der Waals surface area contributed by atoms with Crippen molar-refractivity contribution >= 4 is 23.2 Å². The number of amides is 2. The van der Waals surface area contributed by atoms with E-state index in [0.29, 0.717) is 5.92 Å². The van der Waals surface area contributed by atoms with Crippen LogP contribution in [0.3, 0.4) is 0 Å². The van der Waals surface area contributed by atoms with Crippen LogP contribution in [0.15, 0.2) is 48.5 Å². The van der Waals surface area contributed by atoms with E-state index in [1.165, 1.54) is 6.92 Å². The smallest absolute Gasteiger partial charge is 0.244 e. The molecule has 4 heteroatoms. The Morgan fingerprint density at radius 3 is 2.00 bits per heavy atom. The van der Waals surface area contributed by atoms with Crippen LogP contribution in [0.4, 0.5) is 11.4 Å². The minimum atomic E-state index is -0.202. The first-order chi connectivity index (χ1) is 12.3. The van der Waals surface area contributed by atoms with E-state index in [9.17, 15) is 9.59 Å². The standard InChI is InChI=1S/C22H28N2O2/c1-15(2)18-10-6-8-12-20(18)23-22(26)14-24(17(5)25)21-13-9-7-11-19(21)16(3)4/h6-13,15-16H,14H2,1-5H3,(H,23,26). The molecule has 0 unspecified atom stereocenters. The molecule has 0 spiro atoms. The van der Waals surface area contributed by atoms with E-state index in [2.05, 4.69) is 33.0 Å². The van der Waals surface area contributed by atoms with Crippen molar-refractivity contribution in [2.45, 2.75) is 46.5 Å². The molecule has 4 nitrogen and oxygen atoms in total. The molecule has 0 bridgehead atoms. The summed E-state index contributed by atoms with van der Waals surface area (Å²) in [7, 11) is 0. The van der Waals surface area contributed by atoms with Gasteiger partial charge in [0, 0.05) is 18.3 Å². The zero-order valence-corrected chi connectivity index (χ0v) is 16.2. The molecule has 26 heavy (non-hydrogen) atoms. The van der Waals surface area contributed by atoms with Crippen molar-refractivity contribution < 1.29 is 9.59 Å². The Morgan fingerprint density at radius 1 is 0.885 bits per heavy atom. The van der Waals surface area contributed by atoms with Crippen LogP contribution in [0, 0.1) is 0 Å². The predicted molar refractivity (Wildman–Crippen MR) is 108 cm³/mol. The van der Waals surface area contributed by atoms with Gasteiger partial charge < -0.3 is 10.2 Å². The maximum atomic E-state index is 12.7. The highest BCUT2D eigenvalue weighted by Gasteiger charge is 2.20. The van der Waals surface area contributed by atoms with E-state index in [1.807, 2.05) is 48.5 Å². The van der Waals surface area contributed by atoms with Crippen LogP contribution in [-0.2, 0) is 9.59 Å². The summed E-state index contributed by atoms with van der Waals surface area (Å²) < 4.78 is 0. The summed E-state index contributed by atoms with van der Waals surface area (Å²) in [4.78, 5) is 26.4. The van der Waals surface area contributed by atoms with Gasteiger partial charge in [-0.25, -0.2) is 0 Å². The molecule has 0 radical (unpaired) electrons. The Bertz CT molecular complexity index is 781. The molecule has 138 valence electrons. The maximum absolute atomic E-state index is 12.7. The fraction of sp³-hybridized carbons (Fsp3) is 0.364. The van der Waals surface area contributed by atoms with E-state index >= 15 is 0 Å². The molecule has 0 saturated heterocycles.